The van der Waals surface area contributed by atoms with Crippen molar-refractivity contribution in [2.75, 3.05) is 0 Å². The van der Waals surface area contributed by atoms with Gasteiger partial charge in [0.15, 0.2) is 5.16 Å². The highest BCUT2D eigenvalue weighted by Gasteiger charge is 2.22. The smallest absolute Gasteiger partial charge is 0.262 e. The molecular weight excluding hydrogens is 334 g/mol. The molecule has 1 aliphatic carbocycles. The van der Waals surface area contributed by atoms with Crippen LogP contribution in [0, 0.1) is 6.92 Å². The van der Waals surface area contributed by atoms with Crippen molar-refractivity contribution in [1.82, 2.24) is 14.7 Å². The van der Waals surface area contributed by atoms with Crippen molar-refractivity contribution in [3.63, 3.8) is 0 Å². The summed E-state index contributed by atoms with van der Waals surface area (Å²) in [5, 5.41) is 5.54. The van der Waals surface area contributed by atoms with Crippen molar-refractivity contribution in [1.29, 1.82) is 0 Å². The van der Waals surface area contributed by atoms with Gasteiger partial charge in [-0.3, -0.25) is 9.36 Å². The second-order valence-corrected chi connectivity index (χ2v) is 7.54. The van der Waals surface area contributed by atoms with E-state index in [0.29, 0.717) is 11.1 Å². The monoisotopic (exact) mass is 355 g/mol. The number of aryl methyl sites for hydroxylation is 1. The van der Waals surface area contributed by atoms with Gasteiger partial charge in [0.2, 0.25) is 0 Å². The van der Waals surface area contributed by atoms with Gasteiger partial charge in [0, 0.05) is 17.9 Å². The molecule has 0 unspecified atom stereocenters. The molecule has 1 saturated carbocycles. The fourth-order valence-corrected chi connectivity index (χ4v) is 4.46. The number of rotatable bonds is 4. The summed E-state index contributed by atoms with van der Waals surface area (Å²) in [5.41, 5.74) is 1.72. The molecule has 5 nitrogen and oxygen atoms in total. The van der Waals surface area contributed by atoms with Crippen molar-refractivity contribution in [2.24, 2.45) is 0 Å². The van der Waals surface area contributed by atoms with Gasteiger partial charge in [-0.2, -0.15) is 0 Å². The lowest BCUT2D eigenvalue weighted by atomic mass is 9.95. The van der Waals surface area contributed by atoms with Gasteiger partial charge in [0.05, 0.1) is 16.6 Å². The first-order valence-electron chi connectivity index (χ1n) is 8.78. The van der Waals surface area contributed by atoms with Gasteiger partial charge in [-0.25, -0.2) is 4.98 Å². The van der Waals surface area contributed by atoms with E-state index in [1.54, 1.807) is 11.8 Å². The Morgan fingerprint density at radius 2 is 2.04 bits per heavy atom. The summed E-state index contributed by atoms with van der Waals surface area (Å²) in [6, 6.07) is 9.79. The topological polar surface area (TPSA) is 60.9 Å². The number of para-hydroxylation sites is 1. The lowest BCUT2D eigenvalue weighted by Crippen LogP contribution is -2.29. The van der Waals surface area contributed by atoms with Gasteiger partial charge in [-0.15, -0.1) is 0 Å². The van der Waals surface area contributed by atoms with E-state index in [2.05, 4.69) is 5.16 Å². The Morgan fingerprint density at radius 1 is 1.24 bits per heavy atom. The van der Waals surface area contributed by atoms with E-state index in [0.717, 1.165) is 35.0 Å². The predicted molar refractivity (Wildman–Crippen MR) is 98.9 cm³/mol. The molecule has 2 aromatic heterocycles. The number of benzene rings is 1. The third-order valence-corrected chi connectivity index (χ3v) is 5.73. The van der Waals surface area contributed by atoms with E-state index in [-0.39, 0.29) is 11.6 Å². The zero-order valence-electron chi connectivity index (χ0n) is 14.3. The highest BCUT2D eigenvalue weighted by atomic mass is 32.2. The average Bonchev–Trinajstić information content (AvgIpc) is 3.06. The summed E-state index contributed by atoms with van der Waals surface area (Å²) in [5.74, 6) is 1.45. The minimum absolute atomic E-state index is 0.0799. The van der Waals surface area contributed by atoms with Crippen LogP contribution in [-0.2, 0) is 5.75 Å². The van der Waals surface area contributed by atoms with Gasteiger partial charge < -0.3 is 4.52 Å². The number of hydrogen-bond donors (Lipinski definition) is 0. The molecule has 0 N–H and O–H groups in total. The van der Waals surface area contributed by atoms with Crippen molar-refractivity contribution < 1.29 is 4.52 Å². The zero-order chi connectivity index (χ0) is 17.2. The van der Waals surface area contributed by atoms with Crippen molar-refractivity contribution >= 4 is 22.7 Å². The van der Waals surface area contributed by atoms with Gasteiger partial charge in [-0.1, -0.05) is 48.3 Å². The first-order valence-corrected chi connectivity index (χ1v) is 9.77. The van der Waals surface area contributed by atoms with Crippen LogP contribution in [0.2, 0.25) is 0 Å². The third-order valence-electron chi connectivity index (χ3n) is 4.74. The molecule has 3 aromatic rings. The molecule has 2 heterocycles. The molecule has 0 bridgehead atoms. The van der Waals surface area contributed by atoms with Crippen molar-refractivity contribution in [2.45, 2.75) is 56.0 Å². The third kappa shape index (κ3) is 3.35. The fourth-order valence-electron chi connectivity index (χ4n) is 3.51. The summed E-state index contributed by atoms with van der Waals surface area (Å²) in [4.78, 5) is 17.9. The maximum absolute atomic E-state index is 13.1. The maximum atomic E-state index is 13.1. The van der Waals surface area contributed by atoms with Crippen LogP contribution in [0.15, 0.2) is 44.8 Å². The maximum Gasteiger partial charge on any atom is 0.262 e. The minimum atomic E-state index is 0.0799. The molecule has 4 rings (SSSR count). The second kappa shape index (κ2) is 7.04. The van der Waals surface area contributed by atoms with Gasteiger partial charge in [-0.05, 0) is 31.9 Å². The highest BCUT2D eigenvalue weighted by molar-refractivity contribution is 7.98. The van der Waals surface area contributed by atoms with Gasteiger partial charge in [0.25, 0.3) is 5.56 Å². The summed E-state index contributed by atoms with van der Waals surface area (Å²) in [7, 11) is 0. The number of nitrogens with zero attached hydrogens (tertiary/aromatic N) is 3. The molecule has 0 spiro atoms. The summed E-state index contributed by atoms with van der Waals surface area (Å²) in [6.45, 7) is 1.88. The lowest BCUT2D eigenvalue weighted by Gasteiger charge is -2.26. The van der Waals surface area contributed by atoms with E-state index >= 15 is 0 Å². The van der Waals surface area contributed by atoms with Crippen LogP contribution in [0.5, 0.6) is 0 Å². The van der Waals surface area contributed by atoms with E-state index < -0.39 is 0 Å². The number of aromatic nitrogens is 3. The lowest BCUT2D eigenvalue weighted by molar-refractivity contribution is 0.326. The normalized spacial score (nSPS) is 15.7. The molecule has 0 radical (unpaired) electrons. The second-order valence-electron chi connectivity index (χ2n) is 6.60. The Labute approximate surface area is 150 Å². The Kier molecular flexibility index (Phi) is 4.61. The van der Waals surface area contributed by atoms with Crippen LogP contribution in [0.25, 0.3) is 10.9 Å². The van der Waals surface area contributed by atoms with E-state index in [4.69, 9.17) is 9.51 Å². The van der Waals surface area contributed by atoms with Crippen molar-refractivity contribution in [3.8, 4) is 0 Å². The van der Waals surface area contributed by atoms with Gasteiger partial charge in [0.1, 0.15) is 5.76 Å². The minimum Gasteiger partial charge on any atom is -0.361 e. The summed E-state index contributed by atoms with van der Waals surface area (Å²) < 4.78 is 7.07. The standard InChI is InChI=1S/C19H21N3O2S/c1-13-11-14(21-24-13)12-25-19-20-17-10-6-5-9-16(17)18(23)22(19)15-7-3-2-4-8-15/h5-6,9-11,15H,2-4,7-8,12H2,1H3. The molecule has 1 aromatic carbocycles. The van der Waals surface area contributed by atoms with E-state index in [9.17, 15) is 4.79 Å². The number of hydrogen-bond acceptors (Lipinski definition) is 5. The molecule has 0 saturated heterocycles. The molecule has 0 atom stereocenters. The van der Waals surface area contributed by atoms with Crippen LogP contribution < -0.4 is 5.56 Å². The molecule has 130 valence electrons. The zero-order valence-corrected chi connectivity index (χ0v) is 15.1. The quantitative estimate of drug-likeness (QED) is 0.510. The van der Waals surface area contributed by atoms with E-state index in [1.165, 1.54) is 19.3 Å². The summed E-state index contributed by atoms with van der Waals surface area (Å²) in [6.07, 6.45) is 5.72. The van der Waals surface area contributed by atoms with Crippen LogP contribution in [0.4, 0.5) is 0 Å². The molecular formula is C19H21N3O2S. The molecule has 1 fully saturated rings. The molecule has 0 aliphatic heterocycles. The SMILES string of the molecule is Cc1cc(CSc2nc3ccccc3c(=O)n2C2CCCCC2)no1. The van der Waals surface area contributed by atoms with Crippen molar-refractivity contribution in [3.05, 3.63) is 52.1 Å². The first kappa shape index (κ1) is 16.4. The van der Waals surface area contributed by atoms with Crippen LogP contribution in [-0.4, -0.2) is 14.7 Å². The number of fused-ring (bicyclic) bond motifs is 1. The predicted octanol–water partition coefficient (Wildman–Crippen LogP) is 4.49. The first-order chi connectivity index (χ1) is 12.2. The Hall–Kier alpha value is -2.08. The Morgan fingerprint density at radius 3 is 2.80 bits per heavy atom. The fraction of sp³-hybridized carbons (Fsp3) is 0.421. The molecule has 6 heteroatoms. The van der Waals surface area contributed by atoms with Crippen LogP contribution >= 0.6 is 11.8 Å². The molecule has 25 heavy (non-hydrogen) atoms. The summed E-state index contributed by atoms with van der Waals surface area (Å²) >= 11 is 1.57. The van der Waals surface area contributed by atoms with Crippen LogP contribution in [0.1, 0.15) is 49.6 Å². The Balaban J connectivity index is 1.75. The number of thioether (sulfide) groups is 1. The van der Waals surface area contributed by atoms with Gasteiger partial charge >= 0.3 is 0 Å². The van der Waals surface area contributed by atoms with E-state index in [1.807, 2.05) is 41.8 Å². The highest BCUT2D eigenvalue weighted by Crippen LogP contribution is 2.31. The molecule has 0 amide bonds. The Bertz CT molecular complexity index is 941. The average molecular weight is 355 g/mol. The van der Waals surface area contributed by atoms with Crippen LogP contribution in [0.3, 0.4) is 0 Å². The molecule has 1 aliphatic rings. The largest absolute Gasteiger partial charge is 0.361 e.